The minimum absolute atomic E-state index is 0.452. The van der Waals surface area contributed by atoms with Crippen molar-refractivity contribution in [1.29, 1.82) is 0 Å². The van der Waals surface area contributed by atoms with Crippen molar-refractivity contribution in [2.45, 2.75) is 46.5 Å². The molecule has 22 heavy (non-hydrogen) atoms. The van der Waals surface area contributed by atoms with Crippen molar-refractivity contribution in [2.24, 2.45) is 0 Å². The van der Waals surface area contributed by atoms with Crippen LogP contribution in [0.5, 0.6) is 0 Å². The summed E-state index contributed by atoms with van der Waals surface area (Å²) in [5.41, 5.74) is 14.3. The monoisotopic (exact) mass is 293 g/mol. The third-order valence-electron chi connectivity index (χ3n) is 4.11. The zero-order chi connectivity index (χ0) is 16.4. The van der Waals surface area contributed by atoms with E-state index in [4.69, 9.17) is 5.73 Å². The van der Waals surface area contributed by atoms with Crippen molar-refractivity contribution in [1.82, 2.24) is 0 Å². The zero-order valence-corrected chi connectivity index (χ0v) is 14.4. The van der Waals surface area contributed by atoms with Gasteiger partial charge in [0.15, 0.2) is 0 Å². The van der Waals surface area contributed by atoms with Crippen molar-refractivity contribution < 1.29 is 0 Å². The maximum absolute atomic E-state index is 6.00. The highest BCUT2D eigenvalue weighted by Gasteiger charge is 2.17. The Morgan fingerprint density at radius 3 is 2.18 bits per heavy atom. The van der Waals surface area contributed by atoms with E-state index in [9.17, 15) is 0 Å². The molecule has 0 bridgehead atoms. The molecule has 0 spiro atoms. The molecule has 0 aliphatic carbocycles. The van der Waals surface area contributed by atoms with Crippen LogP contribution in [0.15, 0.2) is 43.0 Å². The number of anilines is 1. The molecule has 1 heteroatoms. The lowest BCUT2D eigenvalue weighted by Crippen LogP contribution is -2.01. The van der Waals surface area contributed by atoms with Crippen molar-refractivity contribution in [3.8, 4) is 11.1 Å². The van der Waals surface area contributed by atoms with Crippen LogP contribution in [-0.2, 0) is 0 Å². The van der Waals surface area contributed by atoms with Gasteiger partial charge in [-0.2, -0.15) is 0 Å². The molecule has 0 atom stereocenters. The summed E-state index contributed by atoms with van der Waals surface area (Å²) in [6.45, 7) is 15.3. The first-order valence-corrected chi connectivity index (χ1v) is 8.01. The van der Waals surface area contributed by atoms with Crippen LogP contribution in [0.4, 0.5) is 5.69 Å². The molecule has 2 aromatic carbocycles. The van der Waals surface area contributed by atoms with Gasteiger partial charge in [-0.1, -0.05) is 64.1 Å². The Hall–Kier alpha value is -2.02. The van der Waals surface area contributed by atoms with Crippen molar-refractivity contribution >= 4 is 11.3 Å². The number of rotatable bonds is 4. The Kier molecular flexibility index (Phi) is 4.75. The lowest BCUT2D eigenvalue weighted by atomic mass is 9.83. The van der Waals surface area contributed by atoms with Crippen LogP contribution in [-0.4, -0.2) is 0 Å². The molecule has 2 aromatic rings. The molecule has 0 heterocycles. The van der Waals surface area contributed by atoms with Gasteiger partial charge in [0, 0.05) is 5.69 Å². The van der Waals surface area contributed by atoms with Gasteiger partial charge in [0.2, 0.25) is 0 Å². The summed E-state index contributed by atoms with van der Waals surface area (Å²) in [6.07, 6.45) is 0. The normalized spacial score (nSPS) is 11.2. The maximum atomic E-state index is 6.00. The second-order valence-corrected chi connectivity index (χ2v) is 6.75. The van der Waals surface area contributed by atoms with Crippen LogP contribution < -0.4 is 5.73 Å². The van der Waals surface area contributed by atoms with Gasteiger partial charge in [-0.05, 0) is 58.7 Å². The van der Waals surface area contributed by atoms with Gasteiger partial charge < -0.3 is 5.73 Å². The Morgan fingerprint density at radius 2 is 1.68 bits per heavy atom. The molecule has 0 saturated carbocycles. The Morgan fingerprint density at radius 1 is 1.00 bits per heavy atom. The van der Waals surface area contributed by atoms with E-state index < -0.39 is 0 Å². The highest BCUT2D eigenvalue weighted by Crippen LogP contribution is 2.38. The third kappa shape index (κ3) is 3.24. The standard InChI is InChI=1S/C21H27N/c1-13(2)17-11-19(14(3)4)21(20(12-17)15(5)6)16-8-7-9-18(22)10-16/h7-13,15H,3,22H2,1-2,4-6H3. The van der Waals surface area contributed by atoms with Crippen LogP contribution >= 0.6 is 0 Å². The van der Waals surface area contributed by atoms with E-state index in [0.29, 0.717) is 11.8 Å². The van der Waals surface area contributed by atoms with E-state index in [-0.39, 0.29) is 0 Å². The molecule has 0 aliphatic rings. The lowest BCUT2D eigenvalue weighted by molar-refractivity contribution is 0.834. The van der Waals surface area contributed by atoms with E-state index in [1.54, 1.807) is 0 Å². The number of allylic oxidation sites excluding steroid dienone is 1. The summed E-state index contributed by atoms with van der Waals surface area (Å²) in [6, 6.07) is 12.8. The Balaban J connectivity index is 2.82. The van der Waals surface area contributed by atoms with Crippen LogP contribution in [0.25, 0.3) is 16.7 Å². The number of benzene rings is 2. The van der Waals surface area contributed by atoms with Crippen LogP contribution in [0.1, 0.15) is 63.1 Å². The van der Waals surface area contributed by atoms with Crippen LogP contribution in [0.2, 0.25) is 0 Å². The molecule has 2 rings (SSSR count). The average Bonchev–Trinajstić information content (AvgIpc) is 2.45. The number of hydrogen-bond acceptors (Lipinski definition) is 1. The van der Waals surface area contributed by atoms with Crippen molar-refractivity contribution in [3.05, 3.63) is 59.7 Å². The van der Waals surface area contributed by atoms with Gasteiger partial charge in [-0.15, -0.1) is 0 Å². The summed E-state index contributed by atoms with van der Waals surface area (Å²) in [5.74, 6) is 0.957. The lowest BCUT2D eigenvalue weighted by Gasteiger charge is -2.21. The fraction of sp³-hybridized carbons (Fsp3) is 0.333. The number of nitrogens with two attached hydrogens (primary N) is 1. The molecular weight excluding hydrogens is 266 g/mol. The van der Waals surface area contributed by atoms with Gasteiger partial charge in [-0.3, -0.25) is 0 Å². The fourth-order valence-corrected chi connectivity index (χ4v) is 2.83. The minimum atomic E-state index is 0.452. The zero-order valence-electron chi connectivity index (χ0n) is 14.4. The SMILES string of the molecule is C=C(C)c1cc(C(C)C)cc(C(C)C)c1-c1cccc(N)c1. The van der Waals surface area contributed by atoms with Gasteiger partial charge in [-0.25, -0.2) is 0 Å². The van der Waals surface area contributed by atoms with E-state index in [2.05, 4.69) is 65.5 Å². The Labute approximate surface area is 134 Å². The quantitative estimate of drug-likeness (QED) is 0.666. The summed E-state index contributed by atoms with van der Waals surface area (Å²) in [7, 11) is 0. The highest BCUT2D eigenvalue weighted by atomic mass is 14.5. The van der Waals surface area contributed by atoms with Gasteiger partial charge in [0.1, 0.15) is 0 Å². The summed E-state index contributed by atoms with van der Waals surface area (Å²) in [4.78, 5) is 0. The molecule has 0 saturated heterocycles. The highest BCUT2D eigenvalue weighted by molar-refractivity contribution is 5.84. The van der Waals surface area contributed by atoms with E-state index in [1.165, 1.54) is 27.8 Å². The summed E-state index contributed by atoms with van der Waals surface area (Å²) < 4.78 is 0. The molecule has 0 radical (unpaired) electrons. The predicted octanol–water partition coefficient (Wildman–Crippen LogP) is 6.22. The number of hydrogen-bond donors (Lipinski definition) is 1. The fourth-order valence-electron chi connectivity index (χ4n) is 2.83. The molecule has 1 nitrogen and oxygen atoms in total. The molecule has 0 fully saturated rings. The van der Waals surface area contributed by atoms with Crippen molar-refractivity contribution in [2.75, 3.05) is 5.73 Å². The van der Waals surface area contributed by atoms with E-state index >= 15 is 0 Å². The molecule has 116 valence electrons. The second-order valence-electron chi connectivity index (χ2n) is 6.75. The minimum Gasteiger partial charge on any atom is -0.399 e. The first kappa shape index (κ1) is 16.4. The maximum Gasteiger partial charge on any atom is 0.0320 e. The largest absolute Gasteiger partial charge is 0.399 e. The topological polar surface area (TPSA) is 26.0 Å². The van der Waals surface area contributed by atoms with E-state index in [1.807, 2.05) is 12.1 Å². The molecule has 2 N–H and O–H groups in total. The van der Waals surface area contributed by atoms with Gasteiger partial charge in [0.25, 0.3) is 0 Å². The predicted molar refractivity (Wildman–Crippen MR) is 99.2 cm³/mol. The molecule has 0 amide bonds. The van der Waals surface area contributed by atoms with Gasteiger partial charge in [0.05, 0.1) is 0 Å². The molecule has 0 aliphatic heterocycles. The third-order valence-corrected chi connectivity index (χ3v) is 4.11. The Bertz CT molecular complexity index is 693. The smallest absolute Gasteiger partial charge is 0.0320 e. The van der Waals surface area contributed by atoms with E-state index in [0.717, 1.165) is 11.3 Å². The van der Waals surface area contributed by atoms with Gasteiger partial charge >= 0.3 is 0 Å². The second kappa shape index (κ2) is 6.39. The first-order chi connectivity index (χ1) is 10.3. The first-order valence-electron chi connectivity index (χ1n) is 8.01. The van der Waals surface area contributed by atoms with Crippen LogP contribution in [0, 0.1) is 0 Å². The number of nitrogen functional groups attached to an aromatic ring is 1. The summed E-state index contributed by atoms with van der Waals surface area (Å²) in [5, 5.41) is 0. The average molecular weight is 293 g/mol. The van der Waals surface area contributed by atoms with Crippen LogP contribution in [0.3, 0.4) is 0 Å². The summed E-state index contributed by atoms with van der Waals surface area (Å²) >= 11 is 0. The molecular formula is C21H27N. The molecule has 0 aromatic heterocycles. The van der Waals surface area contributed by atoms with Crippen molar-refractivity contribution in [3.63, 3.8) is 0 Å². The molecule has 0 unspecified atom stereocenters.